The molecule has 4 heteroatoms. The van der Waals surface area contributed by atoms with Gasteiger partial charge in [-0.3, -0.25) is 9.97 Å². The van der Waals surface area contributed by atoms with Crippen molar-refractivity contribution in [3.05, 3.63) is 122 Å². The Bertz CT molecular complexity index is 1780. The maximum absolute atomic E-state index is 4.76. The van der Waals surface area contributed by atoms with Gasteiger partial charge in [0.15, 0.2) is 0 Å². The number of fused-ring (bicyclic) bond motifs is 5. The van der Waals surface area contributed by atoms with Crippen LogP contribution in [0, 0.1) is 0 Å². The second-order valence-electron chi connectivity index (χ2n) is 8.38. The summed E-state index contributed by atoms with van der Waals surface area (Å²) in [6.45, 7) is 0. The van der Waals surface area contributed by atoms with E-state index in [2.05, 4.69) is 93.1 Å². The van der Waals surface area contributed by atoms with E-state index in [9.17, 15) is 0 Å². The van der Waals surface area contributed by atoms with Gasteiger partial charge < -0.3 is 9.13 Å². The Balaban J connectivity index is 1.51. The number of pyridine rings is 2. The fourth-order valence-corrected chi connectivity index (χ4v) is 4.94. The van der Waals surface area contributed by atoms with Gasteiger partial charge >= 0.3 is 0 Å². The number of hydrogen-bond donors (Lipinski definition) is 0. The van der Waals surface area contributed by atoms with Gasteiger partial charge in [0.1, 0.15) is 0 Å². The van der Waals surface area contributed by atoms with Gasteiger partial charge in [-0.15, -0.1) is 0 Å². The van der Waals surface area contributed by atoms with Crippen molar-refractivity contribution in [3.8, 4) is 22.8 Å². The van der Waals surface area contributed by atoms with Crippen LogP contribution in [-0.4, -0.2) is 19.1 Å². The molecule has 0 aliphatic rings. The minimum absolute atomic E-state index is 0.866. The zero-order chi connectivity index (χ0) is 22.5. The fraction of sp³-hybridized carbons (Fsp3) is 0. The molecule has 7 aromatic rings. The summed E-state index contributed by atoms with van der Waals surface area (Å²) in [5, 5.41) is 3.69. The maximum Gasteiger partial charge on any atom is 0.0887 e. The molecular weight excluding hydrogens is 416 g/mol. The average Bonchev–Trinajstić information content (AvgIpc) is 3.49. The van der Waals surface area contributed by atoms with Crippen LogP contribution in [0.4, 0.5) is 0 Å². The molecule has 0 fully saturated rings. The van der Waals surface area contributed by atoms with Crippen molar-refractivity contribution in [1.29, 1.82) is 0 Å². The molecule has 0 unspecified atom stereocenters. The van der Waals surface area contributed by atoms with E-state index in [-0.39, 0.29) is 0 Å². The zero-order valence-electron chi connectivity index (χ0n) is 18.3. The summed E-state index contributed by atoms with van der Waals surface area (Å²) in [5.41, 5.74) is 7.47. The van der Waals surface area contributed by atoms with Crippen molar-refractivity contribution in [2.45, 2.75) is 0 Å². The summed E-state index contributed by atoms with van der Waals surface area (Å²) in [4.78, 5) is 9.20. The highest BCUT2D eigenvalue weighted by molar-refractivity contribution is 6.18. The first-order chi connectivity index (χ1) is 16.9. The standard InChI is InChI=1S/C30H20N4/c1-2-8-21(9-3-1)33-19-17-25-28(33)16-14-24-23-10-4-5-12-29(23)34(30(24)25)22-13-15-27(32-20-22)26-11-6-7-18-31-26/h1-20H. The third-order valence-electron chi connectivity index (χ3n) is 6.47. The summed E-state index contributed by atoms with van der Waals surface area (Å²) < 4.78 is 4.58. The number of nitrogens with zero attached hydrogens (tertiary/aromatic N) is 4. The Labute approximate surface area is 196 Å². The van der Waals surface area contributed by atoms with Crippen molar-refractivity contribution >= 4 is 32.7 Å². The maximum atomic E-state index is 4.76. The number of hydrogen-bond acceptors (Lipinski definition) is 2. The minimum atomic E-state index is 0.866. The van der Waals surface area contributed by atoms with Gasteiger partial charge in [0.2, 0.25) is 0 Å². The Morgan fingerprint density at radius 3 is 2.15 bits per heavy atom. The summed E-state index contributed by atoms with van der Waals surface area (Å²) in [6, 6.07) is 35.8. The van der Waals surface area contributed by atoms with Crippen molar-refractivity contribution in [2.24, 2.45) is 0 Å². The molecule has 0 saturated carbocycles. The van der Waals surface area contributed by atoms with Crippen LogP contribution in [0.3, 0.4) is 0 Å². The van der Waals surface area contributed by atoms with Crippen LogP contribution < -0.4 is 0 Å². The van der Waals surface area contributed by atoms with Crippen molar-refractivity contribution in [3.63, 3.8) is 0 Å². The van der Waals surface area contributed by atoms with E-state index in [1.807, 2.05) is 36.5 Å². The van der Waals surface area contributed by atoms with Gasteiger partial charge in [0.25, 0.3) is 0 Å². The third-order valence-corrected chi connectivity index (χ3v) is 6.47. The van der Waals surface area contributed by atoms with Crippen molar-refractivity contribution in [1.82, 2.24) is 19.1 Å². The Morgan fingerprint density at radius 1 is 0.500 bits per heavy atom. The molecule has 4 heterocycles. The highest BCUT2D eigenvalue weighted by Crippen LogP contribution is 2.37. The first-order valence-electron chi connectivity index (χ1n) is 11.3. The molecule has 7 rings (SSSR count). The lowest BCUT2D eigenvalue weighted by molar-refractivity contribution is 1.13. The van der Waals surface area contributed by atoms with E-state index >= 15 is 0 Å². The number of benzene rings is 3. The second-order valence-corrected chi connectivity index (χ2v) is 8.38. The molecule has 4 nitrogen and oxygen atoms in total. The largest absolute Gasteiger partial charge is 0.316 e. The zero-order valence-corrected chi connectivity index (χ0v) is 18.3. The lowest BCUT2D eigenvalue weighted by Gasteiger charge is -2.10. The van der Waals surface area contributed by atoms with E-state index in [0.29, 0.717) is 0 Å². The molecule has 4 aromatic heterocycles. The highest BCUT2D eigenvalue weighted by atomic mass is 15.0. The van der Waals surface area contributed by atoms with E-state index in [4.69, 9.17) is 4.98 Å². The van der Waals surface area contributed by atoms with Crippen LogP contribution in [0.5, 0.6) is 0 Å². The highest BCUT2D eigenvalue weighted by Gasteiger charge is 2.17. The number of rotatable bonds is 3. The Morgan fingerprint density at radius 2 is 1.32 bits per heavy atom. The van der Waals surface area contributed by atoms with Crippen molar-refractivity contribution < 1.29 is 0 Å². The quantitative estimate of drug-likeness (QED) is 0.294. The second kappa shape index (κ2) is 7.42. The average molecular weight is 437 g/mol. The SMILES string of the molecule is c1ccc(-n2ccc3c2ccc2c4ccccc4n(-c4ccc(-c5ccccn5)nc4)c23)cc1. The normalized spacial score (nSPS) is 11.5. The Kier molecular flexibility index (Phi) is 4.11. The first-order valence-corrected chi connectivity index (χ1v) is 11.3. The van der Waals surface area contributed by atoms with E-state index < -0.39 is 0 Å². The molecule has 0 amide bonds. The Hall–Kier alpha value is -4.70. The van der Waals surface area contributed by atoms with Crippen LogP contribution in [0.1, 0.15) is 0 Å². The molecule has 0 saturated heterocycles. The lowest BCUT2D eigenvalue weighted by atomic mass is 10.1. The van der Waals surface area contributed by atoms with E-state index in [1.165, 1.54) is 32.7 Å². The third kappa shape index (κ3) is 2.79. The van der Waals surface area contributed by atoms with Crippen LogP contribution in [0.15, 0.2) is 122 Å². The molecule has 0 radical (unpaired) electrons. The molecular formula is C30H20N4. The first kappa shape index (κ1) is 18.8. The number of aromatic nitrogens is 4. The molecule has 3 aromatic carbocycles. The van der Waals surface area contributed by atoms with Crippen LogP contribution >= 0.6 is 0 Å². The molecule has 0 bridgehead atoms. The summed E-state index contributed by atoms with van der Waals surface area (Å²) in [6.07, 6.45) is 5.90. The van der Waals surface area contributed by atoms with Gasteiger partial charge in [-0.1, -0.05) is 48.5 Å². The van der Waals surface area contributed by atoms with Gasteiger partial charge in [-0.25, -0.2) is 0 Å². The lowest BCUT2D eigenvalue weighted by Crippen LogP contribution is -1.96. The molecule has 0 atom stereocenters. The van der Waals surface area contributed by atoms with Gasteiger partial charge in [0, 0.05) is 34.2 Å². The van der Waals surface area contributed by atoms with E-state index in [0.717, 1.165) is 22.8 Å². The molecule has 0 N–H and O–H groups in total. The van der Waals surface area contributed by atoms with Crippen LogP contribution in [0.2, 0.25) is 0 Å². The van der Waals surface area contributed by atoms with Crippen LogP contribution in [-0.2, 0) is 0 Å². The van der Waals surface area contributed by atoms with E-state index in [1.54, 1.807) is 6.20 Å². The summed E-state index contributed by atoms with van der Waals surface area (Å²) >= 11 is 0. The predicted molar refractivity (Wildman–Crippen MR) is 139 cm³/mol. The molecule has 0 spiro atoms. The monoisotopic (exact) mass is 436 g/mol. The van der Waals surface area contributed by atoms with Crippen LogP contribution in [0.25, 0.3) is 55.5 Å². The van der Waals surface area contributed by atoms with Gasteiger partial charge in [-0.2, -0.15) is 0 Å². The predicted octanol–water partition coefficient (Wildman–Crippen LogP) is 7.18. The molecule has 0 aliphatic carbocycles. The van der Waals surface area contributed by atoms with Crippen molar-refractivity contribution in [2.75, 3.05) is 0 Å². The molecule has 160 valence electrons. The summed E-state index contributed by atoms with van der Waals surface area (Å²) in [7, 11) is 0. The fourth-order valence-electron chi connectivity index (χ4n) is 4.94. The topological polar surface area (TPSA) is 35.6 Å². The molecule has 0 aliphatic heterocycles. The smallest absolute Gasteiger partial charge is 0.0887 e. The number of para-hydroxylation sites is 2. The minimum Gasteiger partial charge on any atom is -0.316 e. The summed E-state index contributed by atoms with van der Waals surface area (Å²) in [5.74, 6) is 0. The van der Waals surface area contributed by atoms with Gasteiger partial charge in [0.05, 0.1) is 39.8 Å². The molecule has 34 heavy (non-hydrogen) atoms. The van der Waals surface area contributed by atoms with Gasteiger partial charge in [-0.05, 0) is 54.6 Å².